The van der Waals surface area contributed by atoms with Crippen LogP contribution in [0.3, 0.4) is 0 Å². The highest BCUT2D eigenvalue weighted by Crippen LogP contribution is 2.34. The lowest BCUT2D eigenvalue weighted by atomic mass is 9.87. The SMILES string of the molecule is CCCC[C@](C)(OC)[C@@H](O)/C=C/C1[C@H](O)CC(=O)[C@@H]1C/C=C\CCCC(=O)OC. The zero-order chi connectivity index (χ0) is 21.9. The molecule has 0 spiro atoms. The van der Waals surface area contributed by atoms with E-state index in [1.807, 2.05) is 19.1 Å². The molecular formula is C23H38O6. The van der Waals surface area contributed by atoms with Gasteiger partial charge >= 0.3 is 5.97 Å². The van der Waals surface area contributed by atoms with Crippen LogP contribution in [0.15, 0.2) is 24.3 Å². The Hall–Kier alpha value is -1.50. The Morgan fingerprint density at radius 2 is 2.03 bits per heavy atom. The predicted octanol–water partition coefficient (Wildman–Crippen LogP) is 3.35. The van der Waals surface area contributed by atoms with Gasteiger partial charge in [0.1, 0.15) is 11.9 Å². The fraction of sp³-hybridized carbons (Fsp3) is 0.739. The predicted molar refractivity (Wildman–Crippen MR) is 112 cm³/mol. The summed E-state index contributed by atoms with van der Waals surface area (Å²) in [4.78, 5) is 23.4. The third kappa shape index (κ3) is 8.03. The van der Waals surface area contributed by atoms with Crippen molar-refractivity contribution in [1.29, 1.82) is 0 Å². The summed E-state index contributed by atoms with van der Waals surface area (Å²) < 4.78 is 10.1. The van der Waals surface area contributed by atoms with E-state index in [1.165, 1.54) is 7.11 Å². The van der Waals surface area contributed by atoms with Crippen LogP contribution in [0, 0.1) is 11.8 Å². The molecule has 1 fully saturated rings. The van der Waals surface area contributed by atoms with Gasteiger partial charge in [0.2, 0.25) is 0 Å². The topological polar surface area (TPSA) is 93.1 Å². The van der Waals surface area contributed by atoms with Gasteiger partial charge in [0.05, 0.1) is 18.8 Å². The van der Waals surface area contributed by atoms with Crippen LogP contribution in [-0.2, 0) is 19.1 Å². The normalized spacial score (nSPS) is 25.6. The van der Waals surface area contributed by atoms with E-state index < -0.39 is 17.8 Å². The highest BCUT2D eigenvalue weighted by molar-refractivity contribution is 5.84. The molecule has 5 atom stereocenters. The molecule has 1 unspecified atom stereocenters. The number of carbonyl (C=O) groups excluding carboxylic acids is 2. The monoisotopic (exact) mass is 410 g/mol. The number of allylic oxidation sites excluding steroid dienone is 2. The molecule has 1 aliphatic carbocycles. The van der Waals surface area contributed by atoms with Crippen molar-refractivity contribution in [3.05, 3.63) is 24.3 Å². The second kappa shape index (κ2) is 12.9. The molecule has 1 rings (SSSR count). The summed E-state index contributed by atoms with van der Waals surface area (Å²) in [5.74, 6) is -0.793. The summed E-state index contributed by atoms with van der Waals surface area (Å²) >= 11 is 0. The van der Waals surface area contributed by atoms with E-state index in [4.69, 9.17) is 4.74 Å². The molecule has 0 aliphatic heterocycles. The molecule has 0 aromatic carbocycles. The molecular weight excluding hydrogens is 372 g/mol. The molecule has 0 radical (unpaired) electrons. The Balaban J connectivity index is 2.66. The van der Waals surface area contributed by atoms with Crippen LogP contribution < -0.4 is 0 Å². The van der Waals surface area contributed by atoms with Gasteiger partial charge in [-0.05, 0) is 32.6 Å². The number of ether oxygens (including phenoxy) is 2. The molecule has 1 saturated carbocycles. The lowest BCUT2D eigenvalue weighted by Gasteiger charge is -2.32. The van der Waals surface area contributed by atoms with Crippen molar-refractivity contribution < 1.29 is 29.3 Å². The molecule has 0 bridgehead atoms. The van der Waals surface area contributed by atoms with Gasteiger partial charge < -0.3 is 19.7 Å². The Bertz CT molecular complexity index is 570. The van der Waals surface area contributed by atoms with Gasteiger partial charge in [-0.25, -0.2) is 0 Å². The highest BCUT2D eigenvalue weighted by atomic mass is 16.5. The van der Waals surface area contributed by atoms with Gasteiger partial charge in [0.25, 0.3) is 0 Å². The standard InChI is InChI=1S/C23H38O6/c1-5-6-15-23(2,29-4)21(26)14-13-18-17(19(24)16-20(18)25)11-9-7-8-10-12-22(27)28-3/h7,9,13-14,17-18,20-21,25-26H,5-6,8,10-12,15-16H2,1-4H3/b9-7-,14-13+/t17-,18?,20-,21+,23+/m1/s1. The lowest BCUT2D eigenvalue weighted by molar-refractivity contribution is -0.140. The average molecular weight is 411 g/mol. The third-order valence-corrected chi connectivity index (χ3v) is 5.90. The van der Waals surface area contributed by atoms with Crippen LogP contribution in [0.4, 0.5) is 0 Å². The summed E-state index contributed by atoms with van der Waals surface area (Å²) in [6, 6.07) is 0. The molecule has 6 heteroatoms. The highest BCUT2D eigenvalue weighted by Gasteiger charge is 2.39. The number of hydrogen-bond acceptors (Lipinski definition) is 6. The van der Waals surface area contributed by atoms with E-state index >= 15 is 0 Å². The van der Waals surface area contributed by atoms with Gasteiger partial charge in [-0.3, -0.25) is 9.59 Å². The van der Waals surface area contributed by atoms with Crippen LogP contribution >= 0.6 is 0 Å². The van der Waals surface area contributed by atoms with Crippen molar-refractivity contribution in [2.45, 2.75) is 83.0 Å². The zero-order valence-corrected chi connectivity index (χ0v) is 18.3. The summed E-state index contributed by atoms with van der Waals surface area (Å²) in [6.45, 7) is 3.97. The van der Waals surface area contributed by atoms with Gasteiger partial charge in [-0.15, -0.1) is 0 Å². The van der Waals surface area contributed by atoms with Crippen molar-refractivity contribution in [3.63, 3.8) is 0 Å². The molecule has 6 nitrogen and oxygen atoms in total. The smallest absolute Gasteiger partial charge is 0.305 e. The van der Waals surface area contributed by atoms with E-state index in [9.17, 15) is 19.8 Å². The van der Waals surface area contributed by atoms with E-state index in [1.54, 1.807) is 19.3 Å². The van der Waals surface area contributed by atoms with Gasteiger partial charge in [0.15, 0.2) is 0 Å². The number of methoxy groups -OCH3 is 2. The number of unbranched alkanes of at least 4 members (excludes halogenated alkanes) is 2. The summed E-state index contributed by atoms with van der Waals surface area (Å²) in [5, 5.41) is 20.9. The zero-order valence-electron chi connectivity index (χ0n) is 18.3. The van der Waals surface area contributed by atoms with Crippen LogP contribution in [0.25, 0.3) is 0 Å². The summed E-state index contributed by atoms with van der Waals surface area (Å²) in [7, 11) is 2.97. The Labute approximate surface area is 175 Å². The van der Waals surface area contributed by atoms with Crippen molar-refractivity contribution in [2.24, 2.45) is 11.8 Å². The molecule has 0 aromatic rings. The summed E-state index contributed by atoms with van der Waals surface area (Å²) in [5.41, 5.74) is -0.685. The first-order valence-corrected chi connectivity index (χ1v) is 10.6. The first-order valence-electron chi connectivity index (χ1n) is 10.6. The molecule has 0 saturated heterocycles. The number of aliphatic hydroxyl groups is 2. The van der Waals surface area contributed by atoms with Crippen molar-refractivity contribution >= 4 is 11.8 Å². The second-order valence-corrected chi connectivity index (χ2v) is 8.05. The van der Waals surface area contributed by atoms with Gasteiger partial charge in [-0.2, -0.15) is 0 Å². The quantitative estimate of drug-likeness (QED) is 0.275. The van der Waals surface area contributed by atoms with E-state index in [2.05, 4.69) is 11.7 Å². The van der Waals surface area contributed by atoms with Crippen LogP contribution in [0.5, 0.6) is 0 Å². The van der Waals surface area contributed by atoms with Crippen LogP contribution in [0.1, 0.15) is 65.2 Å². The molecule has 2 N–H and O–H groups in total. The Morgan fingerprint density at radius 1 is 1.31 bits per heavy atom. The molecule has 29 heavy (non-hydrogen) atoms. The number of hydrogen-bond donors (Lipinski definition) is 2. The molecule has 166 valence electrons. The van der Waals surface area contributed by atoms with Crippen LogP contribution in [-0.4, -0.2) is 54.0 Å². The second-order valence-electron chi connectivity index (χ2n) is 8.05. The molecule has 0 heterocycles. The lowest BCUT2D eigenvalue weighted by Crippen LogP contribution is -2.40. The van der Waals surface area contributed by atoms with E-state index in [0.717, 1.165) is 25.7 Å². The average Bonchev–Trinajstić information content (AvgIpc) is 2.98. The van der Waals surface area contributed by atoms with E-state index in [-0.39, 0.29) is 30.0 Å². The third-order valence-electron chi connectivity index (χ3n) is 5.90. The van der Waals surface area contributed by atoms with E-state index in [0.29, 0.717) is 19.3 Å². The number of esters is 1. The first kappa shape index (κ1) is 25.5. The maximum atomic E-state index is 12.3. The van der Waals surface area contributed by atoms with Crippen molar-refractivity contribution in [3.8, 4) is 0 Å². The van der Waals surface area contributed by atoms with Crippen molar-refractivity contribution in [2.75, 3.05) is 14.2 Å². The Kier molecular flexibility index (Phi) is 11.4. The fourth-order valence-corrected chi connectivity index (χ4v) is 3.69. The number of aliphatic hydroxyl groups excluding tert-OH is 2. The summed E-state index contributed by atoms with van der Waals surface area (Å²) in [6.07, 6.45) is 11.0. The fourth-order valence-electron chi connectivity index (χ4n) is 3.69. The van der Waals surface area contributed by atoms with Crippen molar-refractivity contribution in [1.82, 2.24) is 0 Å². The largest absolute Gasteiger partial charge is 0.469 e. The first-order chi connectivity index (χ1) is 13.8. The minimum Gasteiger partial charge on any atom is -0.469 e. The molecule has 0 aromatic heterocycles. The maximum Gasteiger partial charge on any atom is 0.305 e. The number of ketones is 1. The van der Waals surface area contributed by atoms with Gasteiger partial charge in [0, 0.05) is 31.8 Å². The number of Topliss-reactive ketones (excluding diaryl/α,β-unsaturated/α-hetero) is 1. The van der Waals surface area contributed by atoms with Crippen LogP contribution in [0.2, 0.25) is 0 Å². The molecule has 0 amide bonds. The number of rotatable bonds is 13. The Morgan fingerprint density at radius 3 is 2.66 bits per heavy atom. The molecule has 1 aliphatic rings. The van der Waals surface area contributed by atoms with Gasteiger partial charge in [-0.1, -0.05) is 44.1 Å². The maximum absolute atomic E-state index is 12.3. The minimum absolute atomic E-state index is 0.0429. The minimum atomic E-state index is -0.809. The number of carbonyl (C=O) groups is 2.